The van der Waals surface area contributed by atoms with Crippen LogP contribution in [0.1, 0.15) is 25.3 Å². The van der Waals surface area contributed by atoms with Crippen molar-refractivity contribution in [1.82, 2.24) is 5.32 Å². The summed E-state index contributed by atoms with van der Waals surface area (Å²) in [6.07, 6.45) is 1.32. The number of amides is 2. The predicted molar refractivity (Wildman–Crippen MR) is 80.9 cm³/mol. The number of ether oxygens (including phenoxy) is 1. The van der Waals surface area contributed by atoms with E-state index < -0.39 is 17.8 Å². The number of carbonyl (C=O) groups is 2. The summed E-state index contributed by atoms with van der Waals surface area (Å²) in [7, 11) is 0. The number of hydrogen-bond acceptors (Lipinski definition) is 3. The number of carbonyl (C=O) groups excluding carboxylic acids is 2. The Kier molecular flexibility index (Phi) is 5.49. The highest BCUT2D eigenvalue weighted by molar-refractivity contribution is 5.97. The van der Waals surface area contributed by atoms with Gasteiger partial charge in [-0.25, -0.2) is 4.39 Å². The molecule has 1 aliphatic rings. The van der Waals surface area contributed by atoms with E-state index in [0.717, 1.165) is 5.56 Å². The molecule has 1 heterocycles. The van der Waals surface area contributed by atoms with Gasteiger partial charge in [-0.15, -0.1) is 0 Å². The summed E-state index contributed by atoms with van der Waals surface area (Å²) >= 11 is 0. The molecule has 0 aromatic heterocycles. The highest BCUT2D eigenvalue weighted by atomic mass is 19.1. The van der Waals surface area contributed by atoms with Gasteiger partial charge in [-0.1, -0.05) is 6.07 Å². The van der Waals surface area contributed by atoms with Crippen LogP contribution in [0.2, 0.25) is 0 Å². The number of benzene rings is 1. The van der Waals surface area contributed by atoms with Crippen molar-refractivity contribution in [1.29, 1.82) is 0 Å². The summed E-state index contributed by atoms with van der Waals surface area (Å²) in [5.74, 6) is -1.21. The lowest BCUT2D eigenvalue weighted by atomic mass is 9.99. The second-order valence-corrected chi connectivity index (χ2v) is 5.59. The van der Waals surface area contributed by atoms with Crippen LogP contribution in [0.4, 0.5) is 10.1 Å². The van der Waals surface area contributed by atoms with Crippen molar-refractivity contribution in [3.05, 3.63) is 29.6 Å². The van der Waals surface area contributed by atoms with Gasteiger partial charge in [-0.2, -0.15) is 0 Å². The van der Waals surface area contributed by atoms with E-state index >= 15 is 0 Å². The summed E-state index contributed by atoms with van der Waals surface area (Å²) < 4.78 is 18.9. The van der Waals surface area contributed by atoms with Crippen molar-refractivity contribution >= 4 is 17.5 Å². The molecule has 0 spiro atoms. The van der Waals surface area contributed by atoms with Crippen LogP contribution in [0.15, 0.2) is 18.2 Å². The van der Waals surface area contributed by atoms with Crippen molar-refractivity contribution in [2.45, 2.75) is 32.7 Å². The highest BCUT2D eigenvalue weighted by Gasteiger charge is 2.25. The zero-order chi connectivity index (χ0) is 16.1. The molecule has 5 nitrogen and oxygen atoms in total. The van der Waals surface area contributed by atoms with Gasteiger partial charge in [0.25, 0.3) is 0 Å². The summed E-state index contributed by atoms with van der Waals surface area (Å²) in [6, 6.07) is 3.84. The third kappa shape index (κ3) is 4.27. The minimum absolute atomic E-state index is 0.114. The van der Waals surface area contributed by atoms with Crippen molar-refractivity contribution < 1.29 is 18.7 Å². The molecule has 120 valence electrons. The first-order valence-corrected chi connectivity index (χ1v) is 7.42. The molecule has 2 N–H and O–H groups in total. The first-order valence-electron chi connectivity index (χ1n) is 7.42. The number of hydrogen-bond donors (Lipinski definition) is 2. The Morgan fingerprint density at radius 1 is 1.32 bits per heavy atom. The van der Waals surface area contributed by atoms with Crippen LogP contribution in [0.5, 0.6) is 0 Å². The average Bonchev–Trinajstić information content (AvgIpc) is 2.50. The van der Waals surface area contributed by atoms with E-state index in [1.165, 1.54) is 12.1 Å². The molecule has 22 heavy (non-hydrogen) atoms. The Balaban J connectivity index is 1.89. The van der Waals surface area contributed by atoms with Crippen LogP contribution in [0, 0.1) is 18.7 Å². The van der Waals surface area contributed by atoms with Crippen LogP contribution < -0.4 is 10.6 Å². The van der Waals surface area contributed by atoms with Gasteiger partial charge in [0.15, 0.2) is 0 Å². The Labute approximate surface area is 129 Å². The molecule has 1 fully saturated rings. The van der Waals surface area contributed by atoms with Crippen LogP contribution in [0.25, 0.3) is 0 Å². The van der Waals surface area contributed by atoms with Crippen molar-refractivity contribution in [3.63, 3.8) is 0 Å². The molecular weight excluding hydrogens is 287 g/mol. The SMILES string of the molecule is Cc1ccc(NC(=O)[C@H](C)NC(=O)C2CCOCC2)c(F)c1. The maximum Gasteiger partial charge on any atom is 0.246 e. The van der Waals surface area contributed by atoms with Gasteiger partial charge >= 0.3 is 0 Å². The molecule has 0 saturated carbocycles. The van der Waals surface area contributed by atoms with Gasteiger partial charge in [-0.05, 0) is 44.4 Å². The number of halogens is 1. The normalized spacial score (nSPS) is 16.9. The third-order valence-electron chi connectivity index (χ3n) is 3.73. The topological polar surface area (TPSA) is 67.4 Å². The van der Waals surface area contributed by atoms with Crippen molar-refractivity contribution in [2.75, 3.05) is 18.5 Å². The van der Waals surface area contributed by atoms with Gasteiger partial charge < -0.3 is 15.4 Å². The smallest absolute Gasteiger partial charge is 0.246 e. The summed E-state index contributed by atoms with van der Waals surface area (Å²) in [6.45, 7) is 4.48. The number of rotatable bonds is 4. The molecule has 2 rings (SSSR count). The quantitative estimate of drug-likeness (QED) is 0.894. The van der Waals surface area contributed by atoms with Crippen LogP contribution in [0.3, 0.4) is 0 Å². The second-order valence-electron chi connectivity index (χ2n) is 5.59. The zero-order valence-electron chi connectivity index (χ0n) is 12.8. The van der Waals surface area contributed by atoms with E-state index in [0.29, 0.717) is 26.1 Å². The van der Waals surface area contributed by atoms with E-state index in [1.807, 2.05) is 0 Å². The molecule has 1 aromatic rings. The lowest BCUT2D eigenvalue weighted by molar-refractivity contribution is -0.131. The summed E-state index contributed by atoms with van der Waals surface area (Å²) in [5, 5.41) is 5.16. The minimum Gasteiger partial charge on any atom is -0.381 e. The first-order chi connectivity index (χ1) is 10.5. The summed E-state index contributed by atoms with van der Waals surface area (Å²) in [5.41, 5.74) is 0.888. The molecular formula is C16H21FN2O3. The Bertz CT molecular complexity index is 556. The first kappa shape index (κ1) is 16.4. The number of nitrogens with one attached hydrogen (secondary N) is 2. The number of anilines is 1. The standard InChI is InChI=1S/C16H21FN2O3/c1-10-3-4-14(13(17)9-10)19-15(20)11(2)18-16(21)12-5-7-22-8-6-12/h3-4,9,11-12H,5-8H2,1-2H3,(H,18,21)(H,19,20)/t11-/m0/s1. The molecule has 0 unspecified atom stereocenters. The molecule has 1 atom stereocenters. The fraction of sp³-hybridized carbons (Fsp3) is 0.500. The molecule has 6 heteroatoms. The second kappa shape index (κ2) is 7.35. The lowest BCUT2D eigenvalue weighted by Gasteiger charge is -2.23. The lowest BCUT2D eigenvalue weighted by Crippen LogP contribution is -2.45. The predicted octanol–water partition coefficient (Wildman–Crippen LogP) is 2.00. The maximum absolute atomic E-state index is 13.7. The Hall–Kier alpha value is -1.95. The van der Waals surface area contributed by atoms with E-state index in [4.69, 9.17) is 4.74 Å². The zero-order valence-corrected chi connectivity index (χ0v) is 12.8. The van der Waals surface area contributed by atoms with Gasteiger partial charge in [0.2, 0.25) is 11.8 Å². The van der Waals surface area contributed by atoms with Crippen LogP contribution in [-0.2, 0) is 14.3 Å². The molecule has 1 saturated heterocycles. The largest absolute Gasteiger partial charge is 0.381 e. The fourth-order valence-electron chi connectivity index (χ4n) is 2.32. The molecule has 1 aromatic carbocycles. The highest BCUT2D eigenvalue weighted by Crippen LogP contribution is 2.16. The summed E-state index contributed by atoms with van der Waals surface area (Å²) in [4.78, 5) is 24.1. The molecule has 0 aliphatic carbocycles. The molecule has 0 radical (unpaired) electrons. The van der Waals surface area contributed by atoms with Gasteiger partial charge in [0.1, 0.15) is 11.9 Å². The monoisotopic (exact) mass is 308 g/mol. The Morgan fingerprint density at radius 2 is 2.00 bits per heavy atom. The van der Waals surface area contributed by atoms with E-state index in [1.54, 1.807) is 19.9 Å². The Morgan fingerprint density at radius 3 is 2.64 bits per heavy atom. The van der Waals surface area contributed by atoms with Gasteiger partial charge in [0.05, 0.1) is 5.69 Å². The van der Waals surface area contributed by atoms with Gasteiger partial charge in [-0.3, -0.25) is 9.59 Å². The maximum atomic E-state index is 13.7. The van der Waals surface area contributed by atoms with E-state index in [9.17, 15) is 14.0 Å². The fourth-order valence-corrected chi connectivity index (χ4v) is 2.32. The van der Waals surface area contributed by atoms with Crippen molar-refractivity contribution in [2.24, 2.45) is 5.92 Å². The molecule has 1 aliphatic heterocycles. The van der Waals surface area contributed by atoms with Crippen molar-refractivity contribution in [3.8, 4) is 0 Å². The average molecular weight is 308 g/mol. The molecule has 0 bridgehead atoms. The van der Waals surface area contributed by atoms with Crippen LogP contribution in [-0.4, -0.2) is 31.1 Å². The van der Waals surface area contributed by atoms with E-state index in [-0.39, 0.29) is 17.5 Å². The third-order valence-corrected chi connectivity index (χ3v) is 3.73. The molecule has 2 amide bonds. The van der Waals surface area contributed by atoms with E-state index in [2.05, 4.69) is 10.6 Å². The van der Waals surface area contributed by atoms with Crippen LogP contribution >= 0.6 is 0 Å². The minimum atomic E-state index is -0.726. The van der Waals surface area contributed by atoms with Gasteiger partial charge in [0, 0.05) is 19.1 Å². The number of aryl methyl sites for hydroxylation is 1.